The van der Waals surface area contributed by atoms with Crippen LogP contribution in [-0.2, 0) is 9.59 Å². The van der Waals surface area contributed by atoms with Gasteiger partial charge in [0.05, 0.1) is 18.8 Å². The molecule has 2 amide bonds. The molecule has 4 N–H and O–H groups in total. The van der Waals surface area contributed by atoms with Gasteiger partial charge in [-0.2, -0.15) is 0 Å². The van der Waals surface area contributed by atoms with Crippen LogP contribution in [0.4, 0.5) is 5.69 Å². The summed E-state index contributed by atoms with van der Waals surface area (Å²) >= 11 is 0. The molecule has 0 aliphatic carbocycles. The van der Waals surface area contributed by atoms with Crippen molar-refractivity contribution in [3.8, 4) is 0 Å². The van der Waals surface area contributed by atoms with Crippen LogP contribution >= 0.6 is 0 Å². The van der Waals surface area contributed by atoms with Crippen LogP contribution in [0.1, 0.15) is 12.5 Å². The van der Waals surface area contributed by atoms with Crippen LogP contribution in [0.2, 0.25) is 0 Å². The van der Waals surface area contributed by atoms with Crippen molar-refractivity contribution >= 4 is 17.5 Å². The highest BCUT2D eigenvalue weighted by Gasteiger charge is 2.27. The highest BCUT2D eigenvalue weighted by atomic mass is 16.3. The first-order chi connectivity index (χ1) is 8.90. The number of aliphatic hydroxyl groups excluding tert-OH is 2. The maximum Gasteiger partial charge on any atom is 0.313 e. The molecule has 19 heavy (non-hydrogen) atoms. The summed E-state index contributed by atoms with van der Waals surface area (Å²) in [7, 11) is 0. The van der Waals surface area contributed by atoms with Crippen LogP contribution < -0.4 is 10.6 Å². The van der Waals surface area contributed by atoms with Crippen LogP contribution in [0, 0.1) is 6.92 Å². The molecule has 0 radical (unpaired) electrons. The predicted octanol–water partition coefficient (Wildman–Crippen LogP) is -0.207. The van der Waals surface area contributed by atoms with E-state index in [0.717, 1.165) is 5.56 Å². The Bertz CT molecular complexity index is 452. The molecule has 0 saturated heterocycles. The van der Waals surface area contributed by atoms with Crippen molar-refractivity contribution in [1.82, 2.24) is 5.32 Å². The first-order valence-corrected chi connectivity index (χ1v) is 5.82. The van der Waals surface area contributed by atoms with E-state index in [4.69, 9.17) is 10.2 Å². The number of rotatable bonds is 4. The zero-order valence-electron chi connectivity index (χ0n) is 10.9. The highest BCUT2D eigenvalue weighted by molar-refractivity contribution is 6.39. The number of aliphatic hydroxyl groups is 2. The Kier molecular flexibility index (Phi) is 5.02. The molecule has 1 aromatic rings. The van der Waals surface area contributed by atoms with Gasteiger partial charge in [0.15, 0.2) is 0 Å². The second-order valence-electron chi connectivity index (χ2n) is 4.65. The van der Waals surface area contributed by atoms with E-state index in [2.05, 4.69) is 10.6 Å². The molecular formula is C13H18N2O4. The number of aryl methyl sites for hydroxylation is 1. The van der Waals surface area contributed by atoms with Crippen LogP contribution in [0.15, 0.2) is 24.3 Å². The zero-order valence-corrected chi connectivity index (χ0v) is 10.9. The van der Waals surface area contributed by atoms with Gasteiger partial charge >= 0.3 is 11.8 Å². The number of hydrogen-bond acceptors (Lipinski definition) is 4. The largest absolute Gasteiger partial charge is 0.394 e. The summed E-state index contributed by atoms with van der Waals surface area (Å²) in [6.07, 6.45) is 0. The summed E-state index contributed by atoms with van der Waals surface area (Å²) in [6, 6.07) is 6.97. The lowest BCUT2D eigenvalue weighted by Gasteiger charge is -2.25. The van der Waals surface area contributed by atoms with Crippen LogP contribution in [0.25, 0.3) is 0 Å². The predicted molar refractivity (Wildman–Crippen MR) is 70.5 cm³/mol. The molecule has 0 spiro atoms. The number of anilines is 1. The number of carbonyl (C=O) groups excluding carboxylic acids is 2. The lowest BCUT2D eigenvalue weighted by Crippen LogP contribution is -2.54. The van der Waals surface area contributed by atoms with E-state index < -0.39 is 30.6 Å². The summed E-state index contributed by atoms with van der Waals surface area (Å²) in [5.41, 5.74) is 0.317. The fraction of sp³-hybridized carbons (Fsp3) is 0.385. The zero-order chi connectivity index (χ0) is 14.5. The molecule has 0 bridgehead atoms. The van der Waals surface area contributed by atoms with E-state index in [9.17, 15) is 9.59 Å². The number of hydrogen-bond donors (Lipinski definition) is 4. The van der Waals surface area contributed by atoms with E-state index in [-0.39, 0.29) is 0 Å². The van der Waals surface area contributed by atoms with E-state index in [0.29, 0.717) is 5.69 Å². The fourth-order valence-corrected chi connectivity index (χ4v) is 1.28. The minimum absolute atomic E-state index is 0.465. The van der Waals surface area contributed by atoms with Crippen molar-refractivity contribution in [2.24, 2.45) is 0 Å². The molecule has 0 aromatic heterocycles. The maximum atomic E-state index is 11.6. The van der Waals surface area contributed by atoms with E-state index in [1.54, 1.807) is 24.3 Å². The number of benzene rings is 1. The second-order valence-corrected chi connectivity index (χ2v) is 4.65. The molecule has 1 aromatic carbocycles. The van der Waals surface area contributed by atoms with E-state index in [1.807, 2.05) is 6.92 Å². The second kappa shape index (κ2) is 6.31. The third kappa shape index (κ3) is 4.35. The van der Waals surface area contributed by atoms with Gasteiger partial charge in [0, 0.05) is 5.69 Å². The van der Waals surface area contributed by atoms with Crippen molar-refractivity contribution in [2.75, 3.05) is 18.5 Å². The molecule has 1 rings (SSSR count). The molecule has 0 unspecified atom stereocenters. The minimum Gasteiger partial charge on any atom is -0.394 e. The summed E-state index contributed by atoms with van der Waals surface area (Å²) in [4.78, 5) is 23.2. The van der Waals surface area contributed by atoms with Crippen molar-refractivity contribution in [3.05, 3.63) is 29.8 Å². The third-order valence-electron chi connectivity index (χ3n) is 2.63. The average molecular weight is 266 g/mol. The van der Waals surface area contributed by atoms with Gasteiger partial charge in [-0.1, -0.05) is 17.7 Å². The summed E-state index contributed by atoms with van der Waals surface area (Å²) in [5, 5.41) is 22.8. The number of amides is 2. The smallest absolute Gasteiger partial charge is 0.313 e. The maximum absolute atomic E-state index is 11.6. The molecule has 0 saturated carbocycles. The molecule has 0 heterocycles. The van der Waals surface area contributed by atoms with Crippen molar-refractivity contribution in [1.29, 1.82) is 0 Å². The Hall–Kier alpha value is -1.92. The van der Waals surface area contributed by atoms with Crippen molar-refractivity contribution < 1.29 is 19.8 Å². The van der Waals surface area contributed by atoms with Gasteiger partial charge in [0.1, 0.15) is 0 Å². The van der Waals surface area contributed by atoms with Crippen LogP contribution in [0.5, 0.6) is 0 Å². The average Bonchev–Trinajstić information content (AvgIpc) is 2.41. The lowest BCUT2D eigenvalue weighted by atomic mass is 10.1. The van der Waals surface area contributed by atoms with Crippen molar-refractivity contribution in [3.63, 3.8) is 0 Å². The molecular weight excluding hydrogens is 248 g/mol. The van der Waals surface area contributed by atoms with E-state index >= 15 is 0 Å². The number of nitrogens with one attached hydrogen (secondary N) is 2. The molecule has 6 nitrogen and oxygen atoms in total. The lowest BCUT2D eigenvalue weighted by molar-refractivity contribution is -0.138. The topological polar surface area (TPSA) is 98.7 Å². The van der Waals surface area contributed by atoms with Gasteiger partial charge in [-0.25, -0.2) is 0 Å². The van der Waals surface area contributed by atoms with Crippen LogP contribution in [-0.4, -0.2) is 40.8 Å². The van der Waals surface area contributed by atoms with Gasteiger partial charge in [-0.3, -0.25) is 9.59 Å². The minimum atomic E-state index is -1.22. The first-order valence-electron chi connectivity index (χ1n) is 5.82. The standard InChI is InChI=1S/C13H18N2O4/c1-9-3-5-10(6-4-9)14-11(18)12(19)15-13(2,7-16)8-17/h3-6,16-17H,7-8H2,1-2H3,(H,14,18)(H,15,19). The van der Waals surface area contributed by atoms with E-state index in [1.165, 1.54) is 6.92 Å². The molecule has 104 valence electrons. The quantitative estimate of drug-likeness (QED) is 0.567. The Morgan fingerprint density at radius 2 is 1.63 bits per heavy atom. The highest BCUT2D eigenvalue weighted by Crippen LogP contribution is 2.08. The monoisotopic (exact) mass is 266 g/mol. The normalized spacial score (nSPS) is 10.9. The Morgan fingerprint density at radius 1 is 1.11 bits per heavy atom. The van der Waals surface area contributed by atoms with Crippen molar-refractivity contribution in [2.45, 2.75) is 19.4 Å². The summed E-state index contributed by atoms with van der Waals surface area (Å²) in [5.74, 6) is -1.76. The van der Waals surface area contributed by atoms with Gasteiger partial charge in [-0.05, 0) is 26.0 Å². The SMILES string of the molecule is Cc1ccc(NC(=O)C(=O)NC(C)(CO)CO)cc1. The Labute approximate surface area is 111 Å². The first kappa shape index (κ1) is 15.1. The Morgan fingerprint density at radius 3 is 2.11 bits per heavy atom. The number of carbonyl (C=O) groups is 2. The molecule has 0 aliphatic heterocycles. The molecule has 6 heteroatoms. The molecule has 0 atom stereocenters. The van der Waals surface area contributed by atoms with Gasteiger partial charge in [-0.15, -0.1) is 0 Å². The Balaban J connectivity index is 2.63. The van der Waals surface area contributed by atoms with Gasteiger partial charge < -0.3 is 20.8 Å². The fourth-order valence-electron chi connectivity index (χ4n) is 1.28. The van der Waals surface area contributed by atoms with Gasteiger partial charge in [0.2, 0.25) is 0 Å². The van der Waals surface area contributed by atoms with Gasteiger partial charge in [0.25, 0.3) is 0 Å². The summed E-state index contributed by atoms with van der Waals surface area (Å²) < 4.78 is 0. The molecule has 0 fully saturated rings. The molecule has 0 aliphatic rings. The third-order valence-corrected chi connectivity index (χ3v) is 2.63. The van der Waals surface area contributed by atoms with Crippen LogP contribution in [0.3, 0.4) is 0 Å². The summed E-state index contributed by atoms with van der Waals surface area (Å²) in [6.45, 7) is 2.41.